The molecule has 1 aromatic rings. The lowest BCUT2D eigenvalue weighted by Crippen LogP contribution is -2.57. The van der Waals surface area contributed by atoms with E-state index < -0.39 is 41.3 Å². The third-order valence-corrected chi connectivity index (χ3v) is 7.24. The summed E-state index contributed by atoms with van der Waals surface area (Å²) in [4.78, 5) is 39.3. The van der Waals surface area contributed by atoms with E-state index in [-0.39, 0.29) is 5.41 Å². The Morgan fingerprint density at radius 3 is 2.50 bits per heavy atom. The summed E-state index contributed by atoms with van der Waals surface area (Å²) in [6.45, 7) is 10.0. The lowest BCUT2D eigenvalue weighted by atomic mass is 9.74. The monoisotopic (exact) mass is 476 g/mol. The molecule has 1 heterocycles. The van der Waals surface area contributed by atoms with Crippen LogP contribution < -0.4 is 10.1 Å². The van der Waals surface area contributed by atoms with Crippen molar-refractivity contribution in [2.45, 2.75) is 77.4 Å². The van der Waals surface area contributed by atoms with Crippen LogP contribution in [0.1, 0.15) is 65.9 Å². The number of nitrogens with zero attached hydrogens (tertiary/aromatic N) is 1. The minimum atomic E-state index is -2.15. The first-order valence-electron chi connectivity index (χ1n) is 12.1. The second-order valence-electron chi connectivity index (χ2n) is 10.2. The number of aliphatic carboxylic acids is 1. The van der Waals surface area contributed by atoms with E-state index in [4.69, 9.17) is 4.74 Å². The van der Waals surface area contributed by atoms with Crippen LogP contribution in [0.2, 0.25) is 0 Å². The zero-order valence-electron chi connectivity index (χ0n) is 21.3. The standard InChI is InChI=1S/C26H40N2O6/c1-7-26(13-8-9-14-28(6)16-26)19-11-10-12-20(15-19)34-23(31)18(4)25(5,33)24(32)27-21(17(2)3)22(29)30/h10-12,15,17-18,21,33H,7-9,13-14,16H2,1-6H3,(H,27,32)(H,29,30)/t18-,21?,25-,26?/m1/s1. The molecule has 1 saturated heterocycles. The van der Waals surface area contributed by atoms with Crippen LogP contribution in [0, 0.1) is 11.8 Å². The maximum absolute atomic E-state index is 12.9. The van der Waals surface area contributed by atoms with Gasteiger partial charge in [0.15, 0.2) is 5.60 Å². The van der Waals surface area contributed by atoms with E-state index in [1.807, 2.05) is 12.1 Å². The number of carbonyl (C=O) groups is 3. The van der Waals surface area contributed by atoms with Crippen molar-refractivity contribution < 1.29 is 29.3 Å². The molecule has 0 aliphatic carbocycles. The van der Waals surface area contributed by atoms with Crippen molar-refractivity contribution in [3.8, 4) is 5.75 Å². The molecule has 0 aromatic heterocycles. The Balaban J connectivity index is 2.18. The molecule has 1 aromatic carbocycles. The molecule has 2 rings (SSSR count). The van der Waals surface area contributed by atoms with Crippen molar-refractivity contribution in [2.24, 2.45) is 11.8 Å². The molecule has 1 aliphatic heterocycles. The molecular formula is C26H40N2O6. The molecule has 8 heteroatoms. The van der Waals surface area contributed by atoms with Crippen LogP contribution in [0.3, 0.4) is 0 Å². The fourth-order valence-corrected chi connectivity index (χ4v) is 4.57. The summed E-state index contributed by atoms with van der Waals surface area (Å²) in [5.41, 5.74) is -1.08. The molecule has 1 fully saturated rings. The molecule has 3 N–H and O–H groups in total. The summed E-state index contributed by atoms with van der Waals surface area (Å²) in [6.07, 6.45) is 4.30. The first-order valence-corrected chi connectivity index (χ1v) is 12.1. The van der Waals surface area contributed by atoms with E-state index in [0.717, 1.165) is 44.3 Å². The number of benzene rings is 1. The number of carbonyl (C=O) groups excluding carboxylic acids is 2. The average Bonchev–Trinajstić information content (AvgIpc) is 2.98. The highest BCUT2D eigenvalue weighted by atomic mass is 16.5. The van der Waals surface area contributed by atoms with Gasteiger partial charge in [-0.05, 0) is 70.3 Å². The Labute approximate surface area is 202 Å². The molecule has 0 spiro atoms. The normalized spacial score (nSPS) is 22.8. The van der Waals surface area contributed by atoms with Crippen molar-refractivity contribution >= 4 is 17.8 Å². The number of amides is 1. The van der Waals surface area contributed by atoms with Gasteiger partial charge in [0.05, 0.1) is 5.92 Å². The van der Waals surface area contributed by atoms with E-state index in [1.54, 1.807) is 19.9 Å². The summed E-state index contributed by atoms with van der Waals surface area (Å²) in [6, 6.07) is 6.30. The Hall–Kier alpha value is -2.45. The number of nitrogens with one attached hydrogen (secondary N) is 1. The van der Waals surface area contributed by atoms with Gasteiger partial charge >= 0.3 is 11.9 Å². The summed E-state index contributed by atoms with van der Waals surface area (Å²) >= 11 is 0. The maximum atomic E-state index is 12.9. The largest absolute Gasteiger partial charge is 0.480 e. The average molecular weight is 477 g/mol. The molecular weight excluding hydrogens is 436 g/mol. The van der Waals surface area contributed by atoms with E-state index in [2.05, 4.69) is 30.3 Å². The quantitative estimate of drug-likeness (QED) is 0.371. The molecule has 0 saturated carbocycles. The highest BCUT2D eigenvalue weighted by molar-refractivity contribution is 5.93. The van der Waals surface area contributed by atoms with Gasteiger partial charge in [-0.15, -0.1) is 0 Å². The Morgan fingerprint density at radius 1 is 1.24 bits per heavy atom. The van der Waals surface area contributed by atoms with E-state index >= 15 is 0 Å². The highest BCUT2D eigenvalue weighted by Crippen LogP contribution is 2.37. The van der Waals surface area contributed by atoms with Crippen LogP contribution >= 0.6 is 0 Å². The highest BCUT2D eigenvalue weighted by Gasteiger charge is 2.43. The number of hydrogen-bond acceptors (Lipinski definition) is 6. The predicted molar refractivity (Wildman–Crippen MR) is 130 cm³/mol. The summed E-state index contributed by atoms with van der Waals surface area (Å²) < 4.78 is 5.58. The van der Waals surface area contributed by atoms with Crippen LogP contribution in [-0.4, -0.2) is 64.7 Å². The minimum Gasteiger partial charge on any atom is -0.480 e. The summed E-state index contributed by atoms with van der Waals surface area (Å²) in [7, 11) is 2.13. The smallest absolute Gasteiger partial charge is 0.326 e. The van der Waals surface area contributed by atoms with Crippen LogP contribution in [0.25, 0.3) is 0 Å². The topological polar surface area (TPSA) is 116 Å². The van der Waals surface area contributed by atoms with E-state index in [0.29, 0.717) is 5.75 Å². The van der Waals surface area contributed by atoms with Gasteiger partial charge in [0.25, 0.3) is 5.91 Å². The second-order valence-corrected chi connectivity index (χ2v) is 10.2. The Morgan fingerprint density at radius 2 is 1.91 bits per heavy atom. The molecule has 0 bridgehead atoms. The van der Waals surface area contributed by atoms with Gasteiger partial charge in [-0.25, -0.2) is 4.79 Å². The van der Waals surface area contributed by atoms with Gasteiger partial charge in [-0.3, -0.25) is 9.59 Å². The first-order chi connectivity index (χ1) is 15.8. The number of ether oxygens (including phenoxy) is 1. The SMILES string of the molecule is CCC1(c2cccc(OC(=O)[C@@H](C)[C@@](C)(O)C(=O)NC(C(=O)O)C(C)C)c2)CCCCN(C)C1. The van der Waals surface area contributed by atoms with Crippen LogP contribution in [0.5, 0.6) is 5.75 Å². The fourth-order valence-electron chi connectivity index (χ4n) is 4.57. The number of rotatable bonds is 9. The zero-order valence-corrected chi connectivity index (χ0v) is 21.3. The molecule has 1 aliphatic rings. The van der Waals surface area contributed by atoms with Gasteiger partial charge in [0, 0.05) is 12.0 Å². The number of likely N-dealkylation sites (N-methyl/N-ethyl adjacent to an activating group) is 1. The number of likely N-dealkylation sites (tertiary alicyclic amines) is 1. The second kappa shape index (κ2) is 11.3. The Bertz CT molecular complexity index is 884. The van der Waals surface area contributed by atoms with Gasteiger partial charge in [-0.1, -0.05) is 39.3 Å². The van der Waals surface area contributed by atoms with Crippen molar-refractivity contribution in [3.05, 3.63) is 29.8 Å². The predicted octanol–water partition coefficient (Wildman–Crippen LogP) is 2.97. The molecule has 8 nitrogen and oxygen atoms in total. The third-order valence-electron chi connectivity index (χ3n) is 7.24. The number of carboxylic acid groups (broad SMARTS) is 1. The summed E-state index contributed by atoms with van der Waals surface area (Å²) in [5, 5.41) is 22.4. The van der Waals surface area contributed by atoms with E-state index in [9.17, 15) is 24.6 Å². The molecule has 1 amide bonds. The van der Waals surface area contributed by atoms with Gasteiger partial charge in [0.2, 0.25) is 0 Å². The van der Waals surface area contributed by atoms with Crippen LogP contribution in [0.4, 0.5) is 0 Å². The minimum absolute atomic E-state index is 0.0344. The van der Waals surface area contributed by atoms with Crippen molar-refractivity contribution in [1.82, 2.24) is 10.2 Å². The lowest BCUT2D eigenvalue weighted by molar-refractivity contribution is -0.159. The molecule has 0 radical (unpaired) electrons. The number of hydrogen-bond donors (Lipinski definition) is 3. The zero-order chi connectivity index (χ0) is 25.7. The lowest BCUT2D eigenvalue weighted by Gasteiger charge is -2.35. The molecule has 4 atom stereocenters. The number of aliphatic hydroxyl groups is 1. The maximum Gasteiger partial charge on any atom is 0.326 e. The van der Waals surface area contributed by atoms with Gasteiger partial charge in [0.1, 0.15) is 11.8 Å². The van der Waals surface area contributed by atoms with Crippen molar-refractivity contribution in [2.75, 3.05) is 20.1 Å². The molecule has 190 valence electrons. The Kier molecular flexibility index (Phi) is 9.25. The molecule has 2 unspecified atom stereocenters. The third kappa shape index (κ3) is 6.36. The van der Waals surface area contributed by atoms with E-state index in [1.165, 1.54) is 13.8 Å². The van der Waals surface area contributed by atoms with Crippen LogP contribution in [0.15, 0.2) is 24.3 Å². The van der Waals surface area contributed by atoms with Gasteiger partial charge in [-0.2, -0.15) is 0 Å². The number of carboxylic acids is 1. The number of esters is 1. The first kappa shape index (κ1) is 27.8. The fraction of sp³-hybridized carbons (Fsp3) is 0.654. The van der Waals surface area contributed by atoms with Crippen LogP contribution in [-0.2, 0) is 19.8 Å². The van der Waals surface area contributed by atoms with Crippen molar-refractivity contribution in [1.29, 1.82) is 0 Å². The summed E-state index contributed by atoms with van der Waals surface area (Å²) in [5.74, 6) is -4.16. The molecule has 34 heavy (non-hydrogen) atoms. The van der Waals surface area contributed by atoms with Crippen molar-refractivity contribution in [3.63, 3.8) is 0 Å². The van der Waals surface area contributed by atoms with Gasteiger partial charge < -0.3 is 25.2 Å².